The first kappa shape index (κ1) is 55.8. The third kappa shape index (κ3) is 12.0. The van der Waals surface area contributed by atoms with Gasteiger partial charge in [0.05, 0.1) is 56.4 Å². The Hall–Kier alpha value is 0.770. The minimum absolute atomic E-state index is 0. The van der Waals surface area contributed by atoms with Crippen molar-refractivity contribution in [1.29, 1.82) is 0 Å². The number of aliphatic carboxylic acids is 3. The van der Waals surface area contributed by atoms with Crippen LogP contribution in [0, 0.1) is 17.8 Å². The van der Waals surface area contributed by atoms with Gasteiger partial charge in [-0.25, -0.2) is 0 Å². The van der Waals surface area contributed by atoms with Crippen LogP contribution in [0.25, 0.3) is 0 Å². The fourth-order valence-electron chi connectivity index (χ4n) is 6.63. The van der Waals surface area contributed by atoms with Crippen LogP contribution in [0.3, 0.4) is 0 Å². The Kier molecular flexibility index (Phi) is 22.9. The van der Waals surface area contributed by atoms with E-state index in [0.717, 1.165) is 0 Å². The van der Waals surface area contributed by atoms with E-state index in [4.69, 9.17) is 23.7 Å². The summed E-state index contributed by atoms with van der Waals surface area (Å²) in [7, 11) is 0. The molecule has 0 aromatic rings. The third-order valence-corrected chi connectivity index (χ3v) is 10.1. The van der Waals surface area contributed by atoms with Gasteiger partial charge in [-0.2, -0.15) is 0 Å². The quantitative estimate of drug-likeness (QED) is 0.0643. The van der Waals surface area contributed by atoms with Crippen molar-refractivity contribution in [3.05, 3.63) is 0 Å². The van der Waals surface area contributed by atoms with Crippen LogP contribution in [0.1, 0.15) is 40.0 Å². The van der Waals surface area contributed by atoms with Crippen LogP contribution in [0.4, 0.5) is 0 Å². The molecule has 25 heteroatoms. The molecule has 0 aliphatic carbocycles. The van der Waals surface area contributed by atoms with E-state index < -0.39 is 165 Å². The van der Waals surface area contributed by atoms with Gasteiger partial charge in [0.1, 0.15) is 54.5 Å². The Bertz CT molecular complexity index is 1260. The summed E-state index contributed by atoms with van der Waals surface area (Å²) < 4.78 is 27.0. The maximum absolute atomic E-state index is 12.6. The van der Waals surface area contributed by atoms with Crippen molar-refractivity contribution in [2.75, 3.05) is 19.8 Å². The van der Waals surface area contributed by atoms with Gasteiger partial charge in [0, 0.05) is 37.0 Å². The number of hydrogen-bond donors (Lipinski definition) is 11. The monoisotopic (exact) mass is 828 g/mol. The molecule has 3 aliphatic heterocycles. The molecule has 11 N–H and O–H groups in total. The van der Waals surface area contributed by atoms with Gasteiger partial charge >= 0.3 is 88.7 Å². The van der Waals surface area contributed by atoms with Gasteiger partial charge in [-0.15, -0.1) is 0 Å². The van der Waals surface area contributed by atoms with E-state index in [-0.39, 0.29) is 88.7 Å². The minimum atomic E-state index is -3.18. The van der Waals surface area contributed by atoms with Gasteiger partial charge < -0.3 is 110 Å². The number of carbonyl (C=O) groups excluding carboxylic acids is 3. The Balaban J connectivity index is 0.00000972. The number of carboxylic acid groups (broad SMARTS) is 3. The van der Waals surface area contributed by atoms with Crippen molar-refractivity contribution in [3.63, 3.8) is 0 Å². The summed E-state index contributed by atoms with van der Waals surface area (Å²) in [5, 5.41) is 151. The zero-order valence-corrected chi connectivity index (χ0v) is 37.3. The molecular weight excluding hydrogens is 781 g/mol. The van der Waals surface area contributed by atoms with Crippen molar-refractivity contribution in [3.8, 4) is 0 Å². The third-order valence-electron chi connectivity index (χ3n) is 10.1. The summed E-state index contributed by atoms with van der Waals surface area (Å²) in [4.78, 5) is 36.5. The molecule has 0 radical (unpaired) electrons. The van der Waals surface area contributed by atoms with Crippen molar-refractivity contribution < 1.29 is 198 Å². The van der Waals surface area contributed by atoms with Crippen molar-refractivity contribution >= 4 is 17.9 Å². The molecule has 6 unspecified atom stereocenters. The molecule has 3 saturated heterocycles. The molecule has 0 aromatic carbocycles. The van der Waals surface area contributed by atoms with Crippen molar-refractivity contribution in [2.24, 2.45) is 17.8 Å². The van der Waals surface area contributed by atoms with Crippen LogP contribution in [-0.4, -0.2) is 185 Å². The van der Waals surface area contributed by atoms with Crippen LogP contribution in [0.15, 0.2) is 0 Å². The van der Waals surface area contributed by atoms with Gasteiger partial charge in [-0.3, -0.25) is 0 Å². The number of hydrogen-bond acceptors (Lipinski definition) is 22. The molecule has 3 fully saturated rings. The second-order valence-corrected chi connectivity index (χ2v) is 13.7. The molecule has 302 valence electrons. The summed E-state index contributed by atoms with van der Waals surface area (Å²) in [6.07, 6.45) is -26.2. The number of aliphatic hydroxyl groups is 11. The maximum Gasteiger partial charge on any atom is 1.00 e. The predicted octanol–water partition coefficient (Wildman–Crippen LogP) is -19.1. The van der Waals surface area contributed by atoms with E-state index in [1.54, 1.807) is 0 Å². The second-order valence-electron chi connectivity index (χ2n) is 13.7. The molecule has 0 aromatic heterocycles. The van der Waals surface area contributed by atoms with Gasteiger partial charge in [0.15, 0.2) is 0 Å². The fraction of sp³-hybridized carbons (Fsp3) is 0.900. The van der Waals surface area contributed by atoms with Crippen LogP contribution >= 0.6 is 0 Å². The first-order valence-corrected chi connectivity index (χ1v) is 16.4. The van der Waals surface area contributed by atoms with E-state index in [1.807, 2.05) is 0 Å². The maximum atomic E-state index is 12.6. The van der Waals surface area contributed by atoms with Crippen LogP contribution in [0.5, 0.6) is 0 Å². The largest absolute Gasteiger partial charge is 1.00 e. The number of carboxylic acids is 3. The fourth-order valence-corrected chi connectivity index (χ4v) is 6.63. The standard InChI is InChI=1S/C30H50O22.3Na/c1-10-13(34)4-28(47,25(41)42)50-23(10)20(39)17(8-32)48-30(27(45)46)6-15(36)12(3)24(52-30)21(40)18(9-33)49-29(26(43)44)5-14(35)11(2)22(51-29)19(38)16(37)7-31;;;/h10-24,31-40,47H,4-9H2,1-3H3,(H,41,42)(H,43,44)(H,45,46);;;/q;3*+1/p-3/t10-,11-,12-,13-,14-,15-,16-,17-,18-,19?,20?,21?,22?,23?,24?,28-,29-,30-;;;/m1.../s1. The summed E-state index contributed by atoms with van der Waals surface area (Å²) in [5.74, 6) is -19.6. The number of carbonyl (C=O) groups is 3. The zero-order valence-electron chi connectivity index (χ0n) is 31.3. The predicted molar refractivity (Wildman–Crippen MR) is 154 cm³/mol. The molecule has 22 nitrogen and oxygen atoms in total. The van der Waals surface area contributed by atoms with E-state index in [0.29, 0.717) is 0 Å². The topological polar surface area (TPSA) is 389 Å². The van der Waals surface area contributed by atoms with E-state index >= 15 is 0 Å². The average Bonchev–Trinajstić information content (AvgIpc) is 3.09. The van der Waals surface area contributed by atoms with Crippen LogP contribution in [0.2, 0.25) is 0 Å². The van der Waals surface area contributed by atoms with Crippen molar-refractivity contribution in [1.82, 2.24) is 0 Å². The Morgan fingerprint density at radius 2 is 0.927 bits per heavy atom. The molecule has 0 saturated carbocycles. The van der Waals surface area contributed by atoms with E-state index in [1.165, 1.54) is 20.8 Å². The molecule has 3 aliphatic rings. The molecule has 3 rings (SSSR count). The minimum Gasteiger partial charge on any atom is -0.544 e. The summed E-state index contributed by atoms with van der Waals surface area (Å²) in [6, 6.07) is 0. The molecule has 0 bridgehead atoms. The van der Waals surface area contributed by atoms with E-state index in [9.17, 15) is 85.9 Å². The SMILES string of the molecule is C[C@H]1C(C(O)[C@H](O)CO)O[C@@](O[C@H](CO)C(O)C2O[C@@](O[C@H](CO)C(O)C3O[C@@](O)(C(=O)[O-])C[C@@H](O)[C@H]3C)(C(=O)[O-])C[C@@H](O)[C@H]2C)(C(=O)[O-])C[C@H]1O.[Na+].[Na+].[Na+]. The number of aliphatic hydroxyl groups excluding tert-OH is 10. The molecule has 3 heterocycles. The summed E-state index contributed by atoms with van der Waals surface area (Å²) in [6.45, 7) is 0.238. The van der Waals surface area contributed by atoms with Gasteiger partial charge in [-0.05, 0) is 0 Å². The smallest absolute Gasteiger partial charge is 0.544 e. The summed E-state index contributed by atoms with van der Waals surface area (Å²) in [5.41, 5.74) is 0. The molecule has 55 heavy (non-hydrogen) atoms. The van der Waals surface area contributed by atoms with E-state index in [2.05, 4.69) is 0 Å². The molecular formula is C30H47Na3O22. The number of rotatable bonds is 16. The van der Waals surface area contributed by atoms with Gasteiger partial charge in [0.25, 0.3) is 0 Å². The van der Waals surface area contributed by atoms with Gasteiger partial charge in [0.2, 0.25) is 17.4 Å². The van der Waals surface area contributed by atoms with Crippen LogP contribution < -0.4 is 104 Å². The number of ether oxygens (including phenoxy) is 5. The Morgan fingerprint density at radius 1 is 0.600 bits per heavy atom. The Morgan fingerprint density at radius 3 is 1.24 bits per heavy atom. The average molecular weight is 829 g/mol. The zero-order chi connectivity index (χ0) is 39.7. The van der Waals surface area contributed by atoms with Gasteiger partial charge in [-0.1, -0.05) is 20.8 Å². The Labute approximate surface area is 381 Å². The second kappa shape index (κ2) is 22.6. The van der Waals surface area contributed by atoms with Crippen molar-refractivity contribution in [2.45, 2.75) is 131 Å². The first-order valence-electron chi connectivity index (χ1n) is 16.4. The molecule has 0 spiro atoms. The molecule has 18 atom stereocenters. The molecule has 0 amide bonds. The summed E-state index contributed by atoms with van der Waals surface area (Å²) >= 11 is 0. The normalized spacial score (nSPS) is 39.7. The first-order chi connectivity index (χ1) is 24.0. The van der Waals surface area contributed by atoms with Crippen LogP contribution in [-0.2, 0) is 38.1 Å².